The first kappa shape index (κ1) is 11.7. The maximum absolute atomic E-state index is 8.60. The Balaban J connectivity index is 2.42. The van der Waals surface area contributed by atoms with Crippen LogP contribution in [0.2, 0.25) is 5.02 Å². The van der Waals surface area contributed by atoms with Crippen LogP contribution in [0.1, 0.15) is 12.8 Å². The molecule has 4 heteroatoms. The highest BCUT2D eigenvalue weighted by atomic mass is 35.5. The van der Waals surface area contributed by atoms with Crippen LogP contribution in [0.15, 0.2) is 23.1 Å². The fourth-order valence-corrected chi connectivity index (χ4v) is 2.19. The minimum absolute atomic E-state index is 0.261. The van der Waals surface area contributed by atoms with E-state index in [-0.39, 0.29) is 6.61 Å². The van der Waals surface area contributed by atoms with Gasteiger partial charge in [0.1, 0.15) is 0 Å². The zero-order valence-electron chi connectivity index (χ0n) is 7.87. The molecule has 1 aromatic carbocycles. The first-order valence-corrected chi connectivity index (χ1v) is 5.89. The van der Waals surface area contributed by atoms with Gasteiger partial charge in [0.15, 0.2) is 0 Å². The van der Waals surface area contributed by atoms with Gasteiger partial charge < -0.3 is 10.8 Å². The van der Waals surface area contributed by atoms with Gasteiger partial charge in [0.25, 0.3) is 0 Å². The number of aliphatic hydroxyl groups excluding tert-OH is 1. The van der Waals surface area contributed by atoms with E-state index in [9.17, 15) is 0 Å². The molecule has 0 aromatic heterocycles. The summed E-state index contributed by atoms with van der Waals surface area (Å²) in [5, 5.41) is 9.27. The molecule has 0 radical (unpaired) electrons. The molecular formula is C10H14ClNOS. The van der Waals surface area contributed by atoms with Gasteiger partial charge in [0.2, 0.25) is 0 Å². The van der Waals surface area contributed by atoms with Crippen LogP contribution in [0.3, 0.4) is 0 Å². The number of nitrogen functional groups attached to an aromatic ring is 1. The molecule has 0 unspecified atom stereocenters. The van der Waals surface area contributed by atoms with Crippen LogP contribution in [0.25, 0.3) is 0 Å². The molecule has 2 nitrogen and oxygen atoms in total. The van der Waals surface area contributed by atoms with Crippen molar-refractivity contribution in [3.8, 4) is 0 Å². The van der Waals surface area contributed by atoms with Gasteiger partial charge in [-0.2, -0.15) is 0 Å². The molecule has 0 heterocycles. The molecule has 0 fully saturated rings. The van der Waals surface area contributed by atoms with Crippen molar-refractivity contribution in [3.63, 3.8) is 0 Å². The Labute approximate surface area is 93.5 Å². The second-order valence-corrected chi connectivity index (χ2v) is 4.53. The van der Waals surface area contributed by atoms with E-state index in [4.69, 9.17) is 22.4 Å². The van der Waals surface area contributed by atoms with E-state index < -0.39 is 0 Å². The second kappa shape index (κ2) is 6.17. The van der Waals surface area contributed by atoms with Crippen LogP contribution in [-0.4, -0.2) is 17.5 Å². The van der Waals surface area contributed by atoms with E-state index in [0.717, 1.165) is 29.2 Å². The molecule has 1 aromatic rings. The molecule has 0 aliphatic rings. The molecule has 3 N–H and O–H groups in total. The molecule has 1 rings (SSSR count). The summed E-state index contributed by atoms with van der Waals surface area (Å²) >= 11 is 7.48. The SMILES string of the molecule is Nc1cc(Cl)ccc1SCCCCO. The Morgan fingerprint density at radius 1 is 1.36 bits per heavy atom. The highest BCUT2D eigenvalue weighted by molar-refractivity contribution is 7.99. The van der Waals surface area contributed by atoms with Gasteiger partial charge in [0.05, 0.1) is 0 Å². The van der Waals surface area contributed by atoms with Crippen molar-refractivity contribution >= 4 is 29.1 Å². The summed E-state index contributed by atoms with van der Waals surface area (Å²) in [6.45, 7) is 0.261. The molecule has 0 saturated carbocycles. The van der Waals surface area contributed by atoms with Crippen molar-refractivity contribution in [2.45, 2.75) is 17.7 Å². The lowest BCUT2D eigenvalue weighted by molar-refractivity contribution is 0.287. The number of unbranched alkanes of at least 4 members (excludes halogenated alkanes) is 1. The largest absolute Gasteiger partial charge is 0.398 e. The van der Waals surface area contributed by atoms with Crippen LogP contribution >= 0.6 is 23.4 Å². The van der Waals surface area contributed by atoms with Crippen LogP contribution in [-0.2, 0) is 0 Å². The first-order chi connectivity index (χ1) is 6.74. The molecule has 78 valence electrons. The van der Waals surface area contributed by atoms with E-state index in [1.165, 1.54) is 0 Å². The van der Waals surface area contributed by atoms with Gasteiger partial charge in [-0.1, -0.05) is 11.6 Å². The highest BCUT2D eigenvalue weighted by Gasteiger charge is 2.00. The number of aliphatic hydroxyl groups is 1. The van der Waals surface area contributed by atoms with Crippen LogP contribution in [0.4, 0.5) is 5.69 Å². The summed E-state index contributed by atoms with van der Waals surface area (Å²) in [5.41, 5.74) is 6.51. The first-order valence-electron chi connectivity index (χ1n) is 4.52. The van der Waals surface area contributed by atoms with Crippen LogP contribution in [0.5, 0.6) is 0 Å². The number of hydrogen-bond acceptors (Lipinski definition) is 3. The Morgan fingerprint density at radius 2 is 2.14 bits per heavy atom. The summed E-state index contributed by atoms with van der Waals surface area (Å²) in [6.07, 6.45) is 1.85. The van der Waals surface area contributed by atoms with Crippen molar-refractivity contribution in [3.05, 3.63) is 23.2 Å². The Bertz CT molecular complexity index is 293. The number of thioether (sulfide) groups is 1. The van der Waals surface area contributed by atoms with Gasteiger partial charge in [-0.25, -0.2) is 0 Å². The number of hydrogen-bond donors (Lipinski definition) is 2. The van der Waals surface area contributed by atoms with Crippen molar-refractivity contribution in [1.29, 1.82) is 0 Å². The van der Waals surface area contributed by atoms with Gasteiger partial charge in [-0.15, -0.1) is 11.8 Å². The van der Waals surface area contributed by atoms with E-state index >= 15 is 0 Å². The molecule has 0 saturated heterocycles. The average molecular weight is 232 g/mol. The van der Waals surface area contributed by atoms with Gasteiger partial charge in [-0.3, -0.25) is 0 Å². The third kappa shape index (κ3) is 3.78. The van der Waals surface area contributed by atoms with Gasteiger partial charge in [0, 0.05) is 22.2 Å². The quantitative estimate of drug-likeness (QED) is 0.465. The molecule has 0 atom stereocenters. The van der Waals surface area contributed by atoms with E-state index in [1.807, 2.05) is 12.1 Å². The molecular weight excluding hydrogens is 218 g/mol. The van der Waals surface area contributed by atoms with Crippen molar-refractivity contribution < 1.29 is 5.11 Å². The molecule has 0 aliphatic heterocycles. The number of anilines is 1. The summed E-state index contributed by atoms with van der Waals surface area (Å²) < 4.78 is 0. The van der Waals surface area contributed by atoms with Gasteiger partial charge >= 0.3 is 0 Å². The lowest BCUT2D eigenvalue weighted by atomic mass is 10.3. The monoisotopic (exact) mass is 231 g/mol. The van der Waals surface area contributed by atoms with Gasteiger partial charge in [-0.05, 0) is 36.8 Å². The lowest BCUT2D eigenvalue weighted by Crippen LogP contribution is -1.90. The maximum atomic E-state index is 8.60. The Hall–Kier alpha value is -0.380. The average Bonchev–Trinajstić information content (AvgIpc) is 2.15. The minimum Gasteiger partial charge on any atom is -0.398 e. The normalized spacial score (nSPS) is 10.4. The third-order valence-corrected chi connectivity index (χ3v) is 3.19. The van der Waals surface area contributed by atoms with E-state index in [1.54, 1.807) is 17.8 Å². The zero-order chi connectivity index (χ0) is 10.4. The zero-order valence-corrected chi connectivity index (χ0v) is 9.44. The summed E-state index contributed by atoms with van der Waals surface area (Å²) in [5.74, 6) is 0.979. The predicted molar refractivity (Wildman–Crippen MR) is 62.9 cm³/mol. The second-order valence-electron chi connectivity index (χ2n) is 2.96. The number of benzene rings is 1. The molecule has 14 heavy (non-hydrogen) atoms. The summed E-state index contributed by atoms with van der Waals surface area (Å²) in [4.78, 5) is 1.06. The number of nitrogens with two attached hydrogens (primary N) is 1. The van der Waals surface area contributed by atoms with E-state index in [0.29, 0.717) is 5.02 Å². The third-order valence-electron chi connectivity index (χ3n) is 1.78. The number of rotatable bonds is 5. The molecule has 0 bridgehead atoms. The highest BCUT2D eigenvalue weighted by Crippen LogP contribution is 2.28. The van der Waals surface area contributed by atoms with Crippen molar-refractivity contribution in [2.75, 3.05) is 18.1 Å². The summed E-state index contributed by atoms with van der Waals surface area (Å²) in [6, 6.07) is 5.53. The van der Waals surface area contributed by atoms with Crippen LogP contribution in [0, 0.1) is 0 Å². The molecule has 0 aliphatic carbocycles. The Kier molecular flexibility index (Phi) is 5.15. The smallest absolute Gasteiger partial charge is 0.0467 e. The molecule has 0 amide bonds. The maximum Gasteiger partial charge on any atom is 0.0467 e. The predicted octanol–water partition coefficient (Wildman–Crippen LogP) is 2.79. The Morgan fingerprint density at radius 3 is 2.79 bits per heavy atom. The fraction of sp³-hybridized carbons (Fsp3) is 0.400. The van der Waals surface area contributed by atoms with Crippen LogP contribution < -0.4 is 5.73 Å². The number of halogens is 1. The minimum atomic E-state index is 0.261. The van der Waals surface area contributed by atoms with Crippen molar-refractivity contribution in [1.82, 2.24) is 0 Å². The van der Waals surface area contributed by atoms with Crippen molar-refractivity contribution in [2.24, 2.45) is 0 Å². The summed E-state index contributed by atoms with van der Waals surface area (Å²) in [7, 11) is 0. The fourth-order valence-electron chi connectivity index (χ4n) is 1.05. The topological polar surface area (TPSA) is 46.2 Å². The van der Waals surface area contributed by atoms with E-state index in [2.05, 4.69) is 0 Å². The molecule has 0 spiro atoms. The lowest BCUT2D eigenvalue weighted by Gasteiger charge is -2.04. The standard InChI is InChI=1S/C10H14ClNOS/c11-8-3-4-10(9(12)7-8)14-6-2-1-5-13/h3-4,7,13H,1-2,5-6,12H2.